The number of carbonyl (C=O) groups is 1. The Bertz CT molecular complexity index is 565. The predicted octanol–water partition coefficient (Wildman–Crippen LogP) is 1.16. The standard InChI is InChI=1S/C14H19N5O/c1-11(9-19-7-6-15-10-19)17-14(20)12-4-5-16-13(8-12)18(2)3/h4-8,10-11H,9H2,1-3H3,(H,17,20)/t11-/m0/s1. The molecule has 2 rings (SSSR count). The van der Waals surface area contributed by atoms with Crippen LogP contribution in [-0.4, -0.2) is 40.6 Å². The average molecular weight is 273 g/mol. The number of nitrogens with zero attached hydrogens (tertiary/aromatic N) is 4. The molecule has 2 aromatic heterocycles. The Hall–Kier alpha value is -2.37. The molecule has 0 spiro atoms. The molecule has 2 heterocycles. The summed E-state index contributed by atoms with van der Waals surface area (Å²) in [5.74, 6) is 0.669. The largest absolute Gasteiger partial charge is 0.363 e. The summed E-state index contributed by atoms with van der Waals surface area (Å²) in [6, 6.07) is 3.51. The molecule has 6 heteroatoms. The molecule has 1 atom stereocenters. The predicted molar refractivity (Wildman–Crippen MR) is 77.7 cm³/mol. The van der Waals surface area contributed by atoms with E-state index in [-0.39, 0.29) is 11.9 Å². The molecule has 0 saturated heterocycles. The maximum atomic E-state index is 12.2. The molecule has 6 nitrogen and oxygen atoms in total. The van der Waals surface area contributed by atoms with Gasteiger partial charge >= 0.3 is 0 Å². The van der Waals surface area contributed by atoms with Crippen molar-refractivity contribution in [2.24, 2.45) is 0 Å². The first kappa shape index (κ1) is 14.0. The second-order valence-corrected chi connectivity index (χ2v) is 4.93. The molecule has 106 valence electrons. The number of anilines is 1. The van der Waals surface area contributed by atoms with E-state index in [2.05, 4.69) is 15.3 Å². The first-order valence-corrected chi connectivity index (χ1v) is 6.46. The quantitative estimate of drug-likeness (QED) is 0.888. The maximum absolute atomic E-state index is 12.2. The summed E-state index contributed by atoms with van der Waals surface area (Å²) in [6.07, 6.45) is 6.98. The highest BCUT2D eigenvalue weighted by Gasteiger charge is 2.11. The number of aromatic nitrogens is 3. The van der Waals surface area contributed by atoms with Crippen molar-refractivity contribution in [3.05, 3.63) is 42.6 Å². The Labute approximate surface area is 118 Å². The third kappa shape index (κ3) is 3.57. The minimum atomic E-state index is -0.0943. The fourth-order valence-corrected chi connectivity index (χ4v) is 1.87. The minimum Gasteiger partial charge on any atom is -0.363 e. The van der Waals surface area contributed by atoms with Crippen LogP contribution in [0.15, 0.2) is 37.1 Å². The molecular formula is C14H19N5O. The molecule has 0 aromatic carbocycles. The molecule has 0 aliphatic rings. The van der Waals surface area contributed by atoms with Crippen molar-refractivity contribution in [1.29, 1.82) is 0 Å². The molecule has 0 radical (unpaired) electrons. The van der Waals surface area contributed by atoms with Crippen LogP contribution in [0.3, 0.4) is 0 Å². The van der Waals surface area contributed by atoms with Gasteiger partial charge in [-0.05, 0) is 19.1 Å². The van der Waals surface area contributed by atoms with Crippen molar-refractivity contribution in [1.82, 2.24) is 19.9 Å². The first-order chi connectivity index (χ1) is 9.56. The van der Waals surface area contributed by atoms with E-state index in [1.165, 1.54) is 0 Å². The summed E-state index contributed by atoms with van der Waals surface area (Å²) in [5.41, 5.74) is 0.612. The van der Waals surface area contributed by atoms with Crippen molar-refractivity contribution >= 4 is 11.7 Å². The van der Waals surface area contributed by atoms with Gasteiger partial charge in [-0.2, -0.15) is 0 Å². The van der Waals surface area contributed by atoms with Gasteiger partial charge in [-0.25, -0.2) is 9.97 Å². The van der Waals surface area contributed by atoms with Crippen molar-refractivity contribution < 1.29 is 4.79 Å². The van der Waals surface area contributed by atoms with E-state index in [9.17, 15) is 4.79 Å². The molecule has 1 amide bonds. The fraction of sp³-hybridized carbons (Fsp3) is 0.357. The average Bonchev–Trinajstić information content (AvgIpc) is 2.91. The topological polar surface area (TPSA) is 63.1 Å². The zero-order valence-corrected chi connectivity index (χ0v) is 11.9. The van der Waals surface area contributed by atoms with E-state index in [0.717, 1.165) is 5.82 Å². The third-order valence-corrected chi connectivity index (χ3v) is 2.89. The van der Waals surface area contributed by atoms with Crippen molar-refractivity contribution in [3.8, 4) is 0 Å². The number of hydrogen-bond donors (Lipinski definition) is 1. The minimum absolute atomic E-state index is 0.0210. The van der Waals surface area contributed by atoms with Gasteiger partial charge in [-0.1, -0.05) is 0 Å². The molecule has 0 aliphatic carbocycles. The normalized spacial score (nSPS) is 11.9. The number of pyridine rings is 1. The van der Waals surface area contributed by atoms with Gasteiger partial charge in [-0.3, -0.25) is 4.79 Å². The summed E-state index contributed by atoms with van der Waals surface area (Å²) in [5, 5.41) is 2.97. The van der Waals surface area contributed by atoms with Gasteiger partial charge in [0.1, 0.15) is 5.82 Å². The Morgan fingerprint density at radius 2 is 2.25 bits per heavy atom. The number of imidazole rings is 1. The van der Waals surface area contributed by atoms with E-state index in [0.29, 0.717) is 12.1 Å². The SMILES string of the molecule is C[C@@H](Cn1ccnc1)NC(=O)c1ccnc(N(C)C)c1. The van der Waals surface area contributed by atoms with Gasteiger partial charge in [0.05, 0.1) is 6.33 Å². The zero-order chi connectivity index (χ0) is 14.5. The van der Waals surface area contributed by atoms with E-state index < -0.39 is 0 Å². The summed E-state index contributed by atoms with van der Waals surface area (Å²) in [6.45, 7) is 2.66. The van der Waals surface area contributed by atoms with Gasteiger partial charge in [0, 0.05) is 50.8 Å². The summed E-state index contributed by atoms with van der Waals surface area (Å²) in [7, 11) is 3.79. The Morgan fingerprint density at radius 3 is 2.90 bits per heavy atom. The monoisotopic (exact) mass is 273 g/mol. The van der Waals surface area contributed by atoms with Gasteiger partial charge in [0.2, 0.25) is 0 Å². The maximum Gasteiger partial charge on any atom is 0.251 e. The van der Waals surface area contributed by atoms with Gasteiger partial charge in [-0.15, -0.1) is 0 Å². The van der Waals surface area contributed by atoms with Gasteiger partial charge in [0.15, 0.2) is 0 Å². The molecule has 0 bridgehead atoms. The highest BCUT2D eigenvalue weighted by atomic mass is 16.1. The Kier molecular flexibility index (Phi) is 4.34. The summed E-state index contributed by atoms with van der Waals surface area (Å²) >= 11 is 0. The van der Waals surface area contributed by atoms with Gasteiger partial charge < -0.3 is 14.8 Å². The zero-order valence-electron chi connectivity index (χ0n) is 11.9. The molecule has 1 N–H and O–H groups in total. The van der Waals surface area contributed by atoms with E-state index in [4.69, 9.17) is 0 Å². The molecule has 20 heavy (non-hydrogen) atoms. The van der Waals surface area contributed by atoms with Crippen LogP contribution in [0.5, 0.6) is 0 Å². The molecular weight excluding hydrogens is 254 g/mol. The fourth-order valence-electron chi connectivity index (χ4n) is 1.87. The lowest BCUT2D eigenvalue weighted by Gasteiger charge is -2.16. The lowest BCUT2D eigenvalue weighted by atomic mass is 10.2. The third-order valence-electron chi connectivity index (χ3n) is 2.89. The summed E-state index contributed by atoms with van der Waals surface area (Å²) in [4.78, 5) is 22.2. The van der Waals surface area contributed by atoms with Crippen LogP contribution in [0.1, 0.15) is 17.3 Å². The number of carbonyl (C=O) groups excluding carboxylic acids is 1. The van der Waals surface area contributed by atoms with E-state index in [1.807, 2.05) is 36.7 Å². The van der Waals surface area contributed by atoms with Crippen LogP contribution in [0.4, 0.5) is 5.82 Å². The van der Waals surface area contributed by atoms with Crippen molar-refractivity contribution in [2.45, 2.75) is 19.5 Å². The summed E-state index contributed by atoms with van der Waals surface area (Å²) < 4.78 is 1.93. The molecule has 0 fully saturated rings. The number of rotatable bonds is 5. The highest BCUT2D eigenvalue weighted by molar-refractivity contribution is 5.94. The number of amides is 1. The van der Waals surface area contributed by atoms with E-state index in [1.54, 1.807) is 30.9 Å². The number of hydrogen-bond acceptors (Lipinski definition) is 4. The molecule has 0 saturated carbocycles. The molecule has 2 aromatic rings. The lowest BCUT2D eigenvalue weighted by molar-refractivity contribution is 0.0936. The number of nitrogens with one attached hydrogen (secondary N) is 1. The Morgan fingerprint density at radius 1 is 1.45 bits per heavy atom. The van der Waals surface area contributed by atoms with Crippen LogP contribution in [-0.2, 0) is 6.54 Å². The van der Waals surface area contributed by atoms with Crippen molar-refractivity contribution in [3.63, 3.8) is 0 Å². The second-order valence-electron chi connectivity index (χ2n) is 4.93. The van der Waals surface area contributed by atoms with Crippen LogP contribution in [0.25, 0.3) is 0 Å². The van der Waals surface area contributed by atoms with Crippen LogP contribution >= 0.6 is 0 Å². The van der Waals surface area contributed by atoms with E-state index >= 15 is 0 Å². The van der Waals surface area contributed by atoms with Crippen LogP contribution in [0, 0.1) is 0 Å². The lowest BCUT2D eigenvalue weighted by Crippen LogP contribution is -2.35. The van der Waals surface area contributed by atoms with Crippen LogP contribution < -0.4 is 10.2 Å². The first-order valence-electron chi connectivity index (χ1n) is 6.46. The molecule has 0 aliphatic heterocycles. The smallest absolute Gasteiger partial charge is 0.251 e. The Balaban J connectivity index is 1.99. The van der Waals surface area contributed by atoms with Crippen LogP contribution in [0.2, 0.25) is 0 Å². The highest BCUT2D eigenvalue weighted by Crippen LogP contribution is 2.09. The van der Waals surface area contributed by atoms with Crippen molar-refractivity contribution in [2.75, 3.05) is 19.0 Å². The van der Waals surface area contributed by atoms with Gasteiger partial charge in [0.25, 0.3) is 5.91 Å². The molecule has 0 unspecified atom stereocenters. The second kappa shape index (κ2) is 6.18.